The van der Waals surface area contributed by atoms with Crippen LogP contribution in [0.5, 0.6) is 11.6 Å². The number of ether oxygens (including phenoxy) is 1. The lowest BCUT2D eigenvalue weighted by atomic mass is 9.91. The van der Waals surface area contributed by atoms with Gasteiger partial charge in [-0.05, 0) is 24.5 Å². The van der Waals surface area contributed by atoms with Crippen molar-refractivity contribution in [2.24, 2.45) is 5.41 Å². The van der Waals surface area contributed by atoms with E-state index in [4.69, 9.17) is 4.74 Å². The summed E-state index contributed by atoms with van der Waals surface area (Å²) >= 11 is 0. The lowest BCUT2D eigenvalue weighted by Gasteiger charge is -2.41. The van der Waals surface area contributed by atoms with Crippen LogP contribution in [0.4, 0.5) is 10.2 Å². The Balaban J connectivity index is 1.66. The van der Waals surface area contributed by atoms with Crippen LogP contribution in [-0.2, 0) is 4.79 Å². The molecule has 1 amide bonds. The quantitative estimate of drug-likeness (QED) is 0.798. The van der Waals surface area contributed by atoms with Crippen molar-refractivity contribution in [1.29, 1.82) is 0 Å². The van der Waals surface area contributed by atoms with E-state index in [1.807, 2.05) is 4.90 Å². The van der Waals surface area contributed by atoms with Gasteiger partial charge in [0, 0.05) is 44.2 Å². The number of benzene rings is 1. The third kappa shape index (κ3) is 5.18. The molecule has 3 rings (SSSR count). The van der Waals surface area contributed by atoms with Crippen LogP contribution in [0.1, 0.15) is 34.1 Å². The topological polar surface area (TPSA) is 58.6 Å². The highest BCUT2D eigenvalue weighted by Gasteiger charge is 2.30. The Morgan fingerprint density at radius 1 is 1.25 bits per heavy atom. The normalized spacial score (nSPS) is 17.5. The minimum atomic E-state index is -0.364. The van der Waals surface area contributed by atoms with Gasteiger partial charge in [-0.1, -0.05) is 26.8 Å². The maximum atomic E-state index is 13.3. The number of anilines is 1. The summed E-state index contributed by atoms with van der Waals surface area (Å²) in [6.07, 6.45) is 1.97. The number of piperazine rings is 1. The second-order valence-corrected chi connectivity index (χ2v) is 8.39. The molecule has 0 aliphatic carbocycles. The van der Waals surface area contributed by atoms with Crippen LogP contribution in [-0.4, -0.2) is 46.5 Å². The Labute approximate surface area is 165 Å². The number of amides is 1. The molecule has 7 heteroatoms. The number of hydrogen-bond donors (Lipinski definition) is 0. The van der Waals surface area contributed by atoms with Crippen molar-refractivity contribution in [2.45, 2.75) is 40.2 Å². The molecule has 0 unspecified atom stereocenters. The molecule has 1 atom stereocenters. The maximum absolute atomic E-state index is 13.3. The molecule has 0 spiro atoms. The molecule has 2 heterocycles. The van der Waals surface area contributed by atoms with Crippen LogP contribution in [0, 0.1) is 11.2 Å². The van der Waals surface area contributed by atoms with E-state index in [1.165, 1.54) is 18.5 Å². The number of carbonyl (C=O) groups excluding carboxylic acids is 1. The lowest BCUT2D eigenvalue weighted by Crippen LogP contribution is -2.54. The average Bonchev–Trinajstić information content (AvgIpc) is 2.60. The van der Waals surface area contributed by atoms with Gasteiger partial charge < -0.3 is 14.5 Å². The van der Waals surface area contributed by atoms with E-state index in [1.54, 1.807) is 18.2 Å². The molecule has 1 aliphatic heterocycles. The summed E-state index contributed by atoms with van der Waals surface area (Å²) in [5.41, 5.74) is -0.0241. The first-order valence-corrected chi connectivity index (χ1v) is 9.51. The molecule has 6 nitrogen and oxygen atoms in total. The molecular formula is C21H27FN4O2. The Bertz CT molecular complexity index is 837. The van der Waals surface area contributed by atoms with E-state index in [9.17, 15) is 9.18 Å². The SMILES string of the molecule is C[C@H]1CN(c2cc(Oc3cccc(F)c3)ncn2)CCN1C(=O)CC(C)(C)C. The van der Waals surface area contributed by atoms with Gasteiger partial charge in [0.25, 0.3) is 0 Å². The van der Waals surface area contributed by atoms with Crippen LogP contribution in [0.15, 0.2) is 36.7 Å². The molecule has 1 aromatic carbocycles. The third-order valence-corrected chi connectivity index (χ3v) is 4.60. The first kappa shape index (κ1) is 20.0. The Kier molecular flexibility index (Phi) is 5.82. The van der Waals surface area contributed by atoms with Gasteiger partial charge in [-0.25, -0.2) is 14.4 Å². The summed E-state index contributed by atoms with van der Waals surface area (Å²) < 4.78 is 19.0. The lowest BCUT2D eigenvalue weighted by molar-refractivity contribution is -0.135. The van der Waals surface area contributed by atoms with Crippen LogP contribution in [0.25, 0.3) is 0 Å². The largest absolute Gasteiger partial charge is 0.439 e. The summed E-state index contributed by atoms with van der Waals surface area (Å²) in [6, 6.07) is 7.76. The molecular weight excluding hydrogens is 359 g/mol. The highest BCUT2D eigenvalue weighted by Crippen LogP contribution is 2.26. The highest BCUT2D eigenvalue weighted by atomic mass is 19.1. The highest BCUT2D eigenvalue weighted by molar-refractivity contribution is 5.77. The van der Waals surface area contributed by atoms with Crippen molar-refractivity contribution in [3.8, 4) is 11.6 Å². The summed E-state index contributed by atoms with van der Waals surface area (Å²) in [5, 5.41) is 0. The summed E-state index contributed by atoms with van der Waals surface area (Å²) in [6.45, 7) is 10.3. The van der Waals surface area contributed by atoms with Gasteiger partial charge in [-0.3, -0.25) is 4.79 Å². The zero-order valence-corrected chi connectivity index (χ0v) is 16.9. The zero-order valence-electron chi connectivity index (χ0n) is 16.9. The van der Waals surface area contributed by atoms with Gasteiger partial charge in [0.05, 0.1) is 0 Å². The average molecular weight is 386 g/mol. The monoisotopic (exact) mass is 386 g/mol. The smallest absolute Gasteiger partial charge is 0.224 e. The first-order valence-electron chi connectivity index (χ1n) is 9.51. The molecule has 1 saturated heterocycles. The van der Waals surface area contributed by atoms with E-state index in [2.05, 4.69) is 42.6 Å². The van der Waals surface area contributed by atoms with E-state index in [0.29, 0.717) is 37.7 Å². The second-order valence-electron chi connectivity index (χ2n) is 8.39. The Morgan fingerprint density at radius 2 is 2.04 bits per heavy atom. The van der Waals surface area contributed by atoms with Gasteiger partial charge in [-0.2, -0.15) is 0 Å². The van der Waals surface area contributed by atoms with E-state index >= 15 is 0 Å². The molecule has 0 saturated carbocycles. The molecule has 0 radical (unpaired) electrons. The summed E-state index contributed by atoms with van der Waals surface area (Å²) in [4.78, 5) is 25.1. The Hall–Kier alpha value is -2.70. The summed E-state index contributed by atoms with van der Waals surface area (Å²) in [7, 11) is 0. The predicted molar refractivity (Wildman–Crippen MR) is 106 cm³/mol. The fourth-order valence-corrected chi connectivity index (χ4v) is 3.30. The van der Waals surface area contributed by atoms with Crippen LogP contribution < -0.4 is 9.64 Å². The van der Waals surface area contributed by atoms with Gasteiger partial charge in [0.1, 0.15) is 23.7 Å². The second kappa shape index (κ2) is 8.12. The van der Waals surface area contributed by atoms with Crippen molar-refractivity contribution in [3.05, 3.63) is 42.5 Å². The van der Waals surface area contributed by atoms with E-state index in [0.717, 1.165) is 5.82 Å². The molecule has 0 bridgehead atoms. The van der Waals surface area contributed by atoms with Crippen molar-refractivity contribution >= 4 is 11.7 Å². The number of hydrogen-bond acceptors (Lipinski definition) is 5. The molecule has 1 aromatic heterocycles. The standard InChI is InChI=1S/C21H27FN4O2/c1-15-13-25(8-9-26(15)20(27)12-21(2,3)4)18-11-19(24-14-23-18)28-17-7-5-6-16(22)10-17/h5-7,10-11,14-15H,8-9,12-13H2,1-4H3/t15-/m0/s1. The van der Waals surface area contributed by atoms with Crippen molar-refractivity contribution in [3.63, 3.8) is 0 Å². The minimum Gasteiger partial charge on any atom is -0.439 e. The molecule has 1 fully saturated rings. The van der Waals surface area contributed by atoms with Gasteiger partial charge in [-0.15, -0.1) is 0 Å². The zero-order chi connectivity index (χ0) is 20.3. The van der Waals surface area contributed by atoms with Gasteiger partial charge in [0.2, 0.25) is 11.8 Å². The number of halogens is 1. The predicted octanol–water partition coefficient (Wildman–Crippen LogP) is 3.88. The maximum Gasteiger partial charge on any atom is 0.224 e. The molecule has 2 aromatic rings. The molecule has 0 N–H and O–H groups in total. The van der Waals surface area contributed by atoms with Crippen LogP contribution in [0.3, 0.4) is 0 Å². The minimum absolute atomic E-state index is 0.0241. The fraction of sp³-hybridized carbons (Fsp3) is 0.476. The summed E-state index contributed by atoms with van der Waals surface area (Å²) in [5.74, 6) is 1.30. The molecule has 28 heavy (non-hydrogen) atoms. The Morgan fingerprint density at radius 3 is 2.71 bits per heavy atom. The fourth-order valence-electron chi connectivity index (χ4n) is 3.30. The first-order chi connectivity index (χ1) is 13.2. The van der Waals surface area contributed by atoms with Crippen molar-refractivity contribution in [2.75, 3.05) is 24.5 Å². The number of rotatable bonds is 4. The van der Waals surface area contributed by atoms with Crippen LogP contribution >= 0.6 is 0 Å². The van der Waals surface area contributed by atoms with E-state index < -0.39 is 0 Å². The van der Waals surface area contributed by atoms with Gasteiger partial charge in [0.15, 0.2) is 0 Å². The van der Waals surface area contributed by atoms with Crippen LogP contribution in [0.2, 0.25) is 0 Å². The molecule has 150 valence electrons. The van der Waals surface area contributed by atoms with Crippen molar-refractivity contribution < 1.29 is 13.9 Å². The van der Waals surface area contributed by atoms with Crippen molar-refractivity contribution in [1.82, 2.24) is 14.9 Å². The third-order valence-electron chi connectivity index (χ3n) is 4.60. The van der Waals surface area contributed by atoms with E-state index in [-0.39, 0.29) is 23.2 Å². The number of nitrogens with zero attached hydrogens (tertiary/aromatic N) is 4. The molecule has 1 aliphatic rings. The number of aromatic nitrogens is 2. The van der Waals surface area contributed by atoms with Gasteiger partial charge >= 0.3 is 0 Å². The number of carbonyl (C=O) groups is 1.